The van der Waals surface area contributed by atoms with Crippen LogP contribution in [0.2, 0.25) is 0 Å². The number of Topliss-reactive ketones (excluding diaryl/α,β-unsaturated/α-hetero) is 1. The van der Waals surface area contributed by atoms with Crippen molar-refractivity contribution in [3.8, 4) is 6.07 Å². The molecule has 7 nitrogen and oxygen atoms in total. The van der Waals surface area contributed by atoms with E-state index in [0.717, 1.165) is 12.8 Å². The summed E-state index contributed by atoms with van der Waals surface area (Å²) in [6, 6.07) is 4.10. The maximum atomic E-state index is 12.7. The van der Waals surface area contributed by atoms with Gasteiger partial charge in [-0.25, -0.2) is 13.1 Å². The number of nitriles is 1. The van der Waals surface area contributed by atoms with Gasteiger partial charge in [0.1, 0.15) is 9.84 Å². The highest BCUT2D eigenvalue weighted by Gasteiger charge is 2.47. The second-order valence-electron chi connectivity index (χ2n) is 7.47. The molecule has 0 amide bonds. The van der Waals surface area contributed by atoms with E-state index in [-0.39, 0.29) is 35.5 Å². The van der Waals surface area contributed by atoms with Gasteiger partial charge in [-0.05, 0) is 43.0 Å². The van der Waals surface area contributed by atoms with Crippen molar-refractivity contribution in [1.82, 2.24) is 15.0 Å². The van der Waals surface area contributed by atoms with Crippen LogP contribution in [0.1, 0.15) is 54.1 Å². The van der Waals surface area contributed by atoms with Gasteiger partial charge in [-0.15, -0.1) is 5.10 Å². The molecule has 4 rings (SSSR count). The van der Waals surface area contributed by atoms with Gasteiger partial charge in [0.25, 0.3) is 0 Å². The molecule has 0 unspecified atom stereocenters. The Morgan fingerprint density at radius 1 is 1.41 bits per heavy atom. The number of hydrogen-bond donors (Lipinski definition) is 0. The van der Waals surface area contributed by atoms with Crippen LogP contribution in [0.4, 0.5) is 0 Å². The van der Waals surface area contributed by atoms with Crippen LogP contribution in [0.25, 0.3) is 0 Å². The third kappa shape index (κ3) is 3.69. The van der Waals surface area contributed by atoms with Crippen LogP contribution in [0.15, 0.2) is 23.0 Å². The van der Waals surface area contributed by atoms with Crippen LogP contribution >= 0.6 is 11.3 Å². The molecule has 1 saturated heterocycles. The topological polar surface area (TPSA) is 106 Å². The van der Waals surface area contributed by atoms with Crippen molar-refractivity contribution < 1.29 is 13.2 Å². The molecule has 2 aromatic heterocycles. The number of aromatic nitrogens is 3. The Morgan fingerprint density at radius 2 is 2.15 bits per heavy atom. The molecule has 1 saturated carbocycles. The third-order valence-corrected chi connectivity index (χ3v) is 8.08. The molecular weight excluding hydrogens is 384 g/mol. The first kappa shape index (κ1) is 18.3. The van der Waals surface area contributed by atoms with Crippen molar-refractivity contribution in [2.45, 2.75) is 43.6 Å². The van der Waals surface area contributed by atoms with Crippen LogP contribution in [0.3, 0.4) is 0 Å². The van der Waals surface area contributed by atoms with Gasteiger partial charge in [0.2, 0.25) is 0 Å². The van der Waals surface area contributed by atoms with E-state index in [1.165, 1.54) is 11.3 Å². The lowest BCUT2D eigenvalue weighted by Gasteiger charge is -2.28. The number of rotatable bonds is 6. The fourth-order valence-corrected chi connectivity index (χ4v) is 5.92. The fraction of sp³-hybridized carbons (Fsp3) is 0.556. The SMILES string of the molecule is N#CC1(n2cc([C@@H](CC(=O)c3ccsc3)C3CCS(=O)(=O)CC3)nn2)CC1. The molecular formula is C18H20N4O3S2. The first-order valence-electron chi connectivity index (χ1n) is 9.02. The van der Waals surface area contributed by atoms with Crippen molar-refractivity contribution in [2.24, 2.45) is 5.92 Å². The lowest BCUT2D eigenvalue weighted by molar-refractivity contribution is 0.0962. The van der Waals surface area contributed by atoms with Gasteiger partial charge in [0, 0.05) is 23.3 Å². The van der Waals surface area contributed by atoms with E-state index >= 15 is 0 Å². The van der Waals surface area contributed by atoms with Crippen molar-refractivity contribution in [3.05, 3.63) is 34.3 Å². The average molecular weight is 405 g/mol. The Balaban J connectivity index is 1.60. The van der Waals surface area contributed by atoms with Crippen molar-refractivity contribution in [3.63, 3.8) is 0 Å². The summed E-state index contributed by atoms with van der Waals surface area (Å²) in [6.45, 7) is 0. The Hall–Kier alpha value is -2.05. The number of sulfone groups is 1. The van der Waals surface area contributed by atoms with E-state index in [9.17, 15) is 18.5 Å². The Morgan fingerprint density at radius 3 is 2.74 bits per heavy atom. The van der Waals surface area contributed by atoms with Gasteiger partial charge in [-0.1, -0.05) is 5.21 Å². The first-order valence-corrected chi connectivity index (χ1v) is 11.8. The monoisotopic (exact) mass is 404 g/mol. The van der Waals surface area contributed by atoms with Crippen molar-refractivity contribution in [1.29, 1.82) is 5.26 Å². The van der Waals surface area contributed by atoms with E-state index in [0.29, 0.717) is 24.1 Å². The summed E-state index contributed by atoms with van der Waals surface area (Å²) in [7, 11) is -2.98. The molecule has 1 atom stereocenters. The van der Waals surface area contributed by atoms with Crippen LogP contribution in [-0.4, -0.2) is 40.7 Å². The molecule has 0 aromatic carbocycles. The number of thiophene rings is 1. The Kier molecular flexibility index (Phi) is 4.64. The predicted molar refractivity (Wildman–Crippen MR) is 100 cm³/mol. The zero-order valence-corrected chi connectivity index (χ0v) is 16.4. The molecule has 0 spiro atoms. The zero-order chi connectivity index (χ0) is 19.1. The molecule has 1 aliphatic heterocycles. The van der Waals surface area contributed by atoms with Gasteiger partial charge in [-0.2, -0.15) is 16.6 Å². The van der Waals surface area contributed by atoms with Crippen LogP contribution in [-0.2, 0) is 15.4 Å². The highest BCUT2D eigenvalue weighted by atomic mass is 32.2. The van der Waals surface area contributed by atoms with Crippen LogP contribution in [0.5, 0.6) is 0 Å². The van der Waals surface area contributed by atoms with Crippen LogP contribution in [0, 0.1) is 17.2 Å². The van der Waals surface area contributed by atoms with Gasteiger partial charge in [-0.3, -0.25) is 4.79 Å². The summed E-state index contributed by atoms with van der Waals surface area (Å²) < 4.78 is 25.2. The summed E-state index contributed by atoms with van der Waals surface area (Å²) in [5.41, 5.74) is 0.768. The minimum absolute atomic E-state index is 0.0330. The van der Waals surface area contributed by atoms with E-state index < -0.39 is 15.4 Å². The van der Waals surface area contributed by atoms with Crippen molar-refractivity contribution in [2.75, 3.05) is 11.5 Å². The lowest BCUT2D eigenvalue weighted by atomic mass is 9.81. The minimum Gasteiger partial charge on any atom is -0.294 e. The Bertz CT molecular complexity index is 970. The molecule has 0 N–H and O–H groups in total. The minimum atomic E-state index is -2.98. The number of ketones is 1. The number of carbonyl (C=O) groups excluding carboxylic acids is 1. The summed E-state index contributed by atoms with van der Waals surface area (Å²) in [6.07, 6.45) is 4.63. The summed E-state index contributed by atoms with van der Waals surface area (Å²) >= 11 is 1.48. The van der Waals surface area contributed by atoms with Gasteiger partial charge < -0.3 is 0 Å². The van der Waals surface area contributed by atoms with E-state index in [4.69, 9.17) is 0 Å². The van der Waals surface area contributed by atoms with E-state index in [1.807, 2.05) is 10.8 Å². The molecule has 27 heavy (non-hydrogen) atoms. The first-order chi connectivity index (χ1) is 12.9. The molecule has 0 radical (unpaired) electrons. The summed E-state index contributed by atoms with van der Waals surface area (Å²) in [5.74, 6) is 0.217. The molecule has 2 aliphatic rings. The van der Waals surface area contributed by atoms with Crippen molar-refractivity contribution >= 4 is 27.0 Å². The summed E-state index contributed by atoms with van der Waals surface area (Å²) in [4.78, 5) is 12.7. The maximum Gasteiger partial charge on any atom is 0.164 e. The van der Waals surface area contributed by atoms with Gasteiger partial charge in [0.05, 0.1) is 29.5 Å². The molecule has 3 heterocycles. The number of nitrogens with zero attached hydrogens (tertiary/aromatic N) is 4. The summed E-state index contributed by atoms with van der Waals surface area (Å²) in [5, 5.41) is 21.5. The smallest absolute Gasteiger partial charge is 0.164 e. The van der Waals surface area contributed by atoms with Gasteiger partial charge in [0.15, 0.2) is 11.3 Å². The standard InChI is InChI=1S/C18H20N4O3S2/c19-12-18(4-5-18)22-10-16(20-21-22)15(9-17(23)14-1-6-26-11-14)13-2-7-27(24,25)8-3-13/h1,6,10-11,13,15H,2-5,7-9H2/t15-/m0/s1. The molecule has 9 heteroatoms. The van der Waals surface area contributed by atoms with E-state index in [2.05, 4.69) is 16.4 Å². The second kappa shape index (κ2) is 6.84. The number of carbonyl (C=O) groups is 1. The molecule has 2 fully saturated rings. The second-order valence-corrected chi connectivity index (χ2v) is 10.6. The molecule has 142 valence electrons. The maximum absolute atomic E-state index is 12.7. The lowest BCUT2D eigenvalue weighted by Crippen LogP contribution is -2.28. The highest BCUT2D eigenvalue weighted by molar-refractivity contribution is 7.91. The quantitative estimate of drug-likeness (QED) is 0.685. The fourth-order valence-electron chi connectivity index (χ4n) is 3.73. The normalized spacial score (nSPS) is 22.0. The highest BCUT2D eigenvalue weighted by Crippen LogP contribution is 2.43. The zero-order valence-electron chi connectivity index (χ0n) is 14.7. The molecule has 0 bridgehead atoms. The largest absolute Gasteiger partial charge is 0.294 e. The average Bonchev–Trinajstić information content (AvgIpc) is 3.06. The number of hydrogen-bond acceptors (Lipinski definition) is 7. The van der Waals surface area contributed by atoms with E-state index in [1.54, 1.807) is 16.9 Å². The van der Waals surface area contributed by atoms with Crippen LogP contribution < -0.4 is 0 Å². The molecule has 1 aliphatic carbocycles. The predicted octanol–water partition coefficient (Wildman–Crippen LogP) is 2.53. The third-order valence-electron chi connectivity index (χ3n) is 5.68. The van der Waals surface area contributed by atoms with Gasteiger partial charge >= 0.3 is 0 Å². The molecule has 2 aromatic rings. The Labute approximate surface area is 161 Å².